The Balaban J connectivity index is 0.000000127. The number of fused-ring (bicyclic) bond motifs is 10. The van der Waals surface area contributed by atoms with E-state index in [2.05, 4.69) is 277 Å². The van der Waals surface area contributed by atoms with Gasteiger partial charge in [0.25, 0.3) is 0 Å². The highest BCUT2D eigenvalue weighted by molar-refractivity contribution is 7.88. The molecule has 0 radical (unpaired) electrons. The van der Waals surface area contributed by atoms with Crippen LogP contribution in [0.15, 0.2) is 388 Å². The Kier molecular flexibility index (Phi) is 18.0. The van der Waals surface area contributed by atoms with Crippen molar-refractivity contribution >= 4 is 130 Å². The minimum Gasteiger partial charge on any atom is -0.423 e. The Morgan fingerprint density at radius 2 is 0.505 bits per heavy atom. The maximum Gasteiger partial charge on any atom is 0.534 e. The van der Waals surface area contributed by atoms with Crippen LogP contribution in [0.1, 0.15) is 0 Å². The Morgan fingerprint density at radius 1 is 0.234 bits per heavy atom. The molecule has 0 unspecified atom stereocenters. The lowest BCUT2D eigenvalue weighted by Gasteiger charge is -2.19. The molecule has 20 rings (SSSR count). The zero-order valence-corrected chi connectivity index (χ0v) is 60.5. The second-order valence-corrected chi connectivity index (χ2v) is 29.4. The fourth-order valence-corrected chi connectivity index (χ4v) is 16.6. The Morgan fingerprint density at radius 3 is 0.874 bits per heavy atom. The number of rotatable bonds is 10. The molecule has 5 nitrogen and oxygen atoms in total. The molecule has 111 heavy (non-hydrogen) atoms. The van der Waals surface area contributed by atoms with Crippen LogP contribution in [0.3, 0.4) is 0 Å². The molecule has 10 heteroatoms. The molecule has 20 aromatic rings. The first-order chi connectivity index (χ1) is 54.3. The molecule has 0 saturated heterocycles. The van der Waals surface area contributed by atoms with Crippen LogP contribution in [0.2, 0.25) is 0 Å². The van der Waals surface area contributed by atoms with E-state index < -0.39 is 28.5 Å². The van der Waals surface area contributed by atoms with Crippen LogP contribution < -0.4 is 9.65 Å². The van der Waals surface area contributed by atoms with E-state index in [1.54, 1.807) is 18.2 Å². The highest BCUT2D eigenvalue weighted by atomic mass is 32.2. The molecular weight excluding hydrogens is 1390 g/mol. The summed E-state index contributed by atoms with van der Waals surface area (Å²) in [6, 6.07) is 134. The first kappa shape index (κ1) is 69.3. The first-order valence-corrected chi connectivity index (χ1v) is 38.1. The van der Waals surface area contributed by atoms with Crippen LogP contribution in [0.25, 0.3) is 186 Å². The highest BCUT2D eigenvalue weighted by Gasteiger charge is 2.48. The van der Waals surface area contributed by atoms with Gasteiger partial charge in [0.1, 0.15) is 5.75 Å². The van der Waals surface area contributed by atoms with E-state index in [4.69, 9.17) is 10.0 Å². The maximum absolute atomic E-state index is 12.9. The molecule has 530 valence electrons. The highest BCUT2D eigenvalue weighted by Crippen LogP contribution is 2.49. The number of benzene rings is 20. The minimum atomic E-state index is -5.79. The van der Waals surface area contributed by atoms with Gasteiger partial charge in [-0.2, -0.15) is 21.6 Å². The molecular formula is C101H66BF3O5S. The van der Waals surface area contributed by atoms with Gasteiger partial charge < -0.3 is 14.2 Å². The molecule has 0 saturated carbocycles. The summed E-state index contributed by atoms with van der Waals surface area (Å²) in [5.41, 5.74) is 11.3. The van der Waals surface area contributed by atoms with Gasteiger partial charge in [0.05, 0.1) is 0 Å². The summed E-state index contributed by atoms with van der Waals surface area (Å²) in [5.74, 6) is -0.405. The SMILES string of the molecule is O=S(=O)(Oc1ccc2ccc(-c3c4ccccc4c(-c4cccc5ccccc45)c4ccccc34)cc2c1)C(F)(F)F.OB(O)c1ccc(-c2cccc3ccccc23)cc1.c1ccc2c(-c3ccc(-c4ccc5ccc(-c6c7ccccc7c(-c7cccc8ccccc78)c7ccccc67)cc5c4)cc3)cccc2c1. The zero-order chi connectivity index (χ0) is 75.3. The molecule has 0 fully saturated rings. The minimum absolute atomic E-state index is 0.405. The molecule has 0 aliphatic carbocycles. The summed E-state index contributed by atoms with van der Waals surface area (Å²) >= 11 is 0. The second kappa shape index (κ2) is 28.9. The van der Waals surface area contributed by atoms with Crippen molar-refractivity contribution in [3.8, 4) is 83.6 Å². The quantitative estimate of drug-likeness (QED) is 0.0617. The fraction of sp³-hybridized carbons (Fsp3) is 0.00990. The lowest BCUT2D eigenvalue weighted by molar-refractivity contribution is -0.0500. The first-order valence-electron chi connectivity index (χ1n) is 36.7. The van der Waals surface area contributed by atoms with Crippen LogP contribution in [0.5, 0.6) is 5.75 Å². The molecule has 0 atom stereocenters. The predicted octanol–water partition coefficient (Wildman–Crippen LogP) is 26.2. The lowest BCUT2D eigenvalue weighted by atomic mass is 9.79. The van der Waals surface area contributed by atoms with Crippen molar-refractivity contribution in [3.63, 3.8) is 0 Å². The third-order valence-corrected chi connectivity index (χ3v) is 22.3. The van der Waals surface area contributed by atoms with E-state index >= 15 is 0 Å². The molecule has 0 amide bonds. The van der Waals surface area contributed by atoms with Crippen molar-refractivity contribution in [1.82, 2.24) is 0 Å². The number of alkyl halides is 3. The summed E-state index contributed by atoms with van der Waals surface area (Å²) in [7, 11) is -7.20. The average molecular weight is 1460 g/mol. The maximum atomic E-state index is 12.9. The van der Waals surface area contributed by atoms with Gasteiger partial charge in [-0.05, 0) is 221 Å². The average Bonchev–Trinajstić information content (AvgIpc) is 0.731. The summed E-state index contributed by atoms with van der Waals surface area (Å²) in [5, 5.41) is 41.0. The van der Waals surface area contributed by atoms with Crippen LogP contribution in [-0.2, 0) is 10.1 Å². The summed E-state index contributed by atoms with van der Waals surface area (Å²) in [6.07, 6.45) is 0. The lowest BCUT2D eigenvalue weighted by Crippen LogP contribution is -2.29. The molecule has 0 bridgehead atoms. The van der Waals surface area contributed by atoms with Crippen molar-refractivity contribution in [2.75, 3.05) is 0 Å². The van der Waals surface area contributed by atoms with Gasteiger partial charge in [0.2, 0.25) is 0 Å². The van der Waals surface area contributed by atoms with Crippen molar-refractivity contribution in [2.24, 2.45) is 0 Å². The van der Waals surface area contributed by atoms with Gasteiger partial charge in [-0.25, -0.2) is 0 Å². The van der Waals surface area contributed by atoms with Gasteiger partial charge in [0.15, 0.2) is 0 Å². The summed E-state index contributed by atoms with van der Waals surface area (Å²) in [4.78, 5) is 0. The standard InChI is InChI=1S/C50H32.C35H21F3O3S.C16H13BO2/c1-3-15-41-35(11-1)13-9-21-42(41)37-27-23-33(24-28-37)38-29-25-34-26-30-39(32-40(34)31-38)49-45-17-5-7-19-47(45)50(48-20-8-6-18-46(48)49)44-22-10-14-36-12-2-4-16-43(36)44;36-35(37,38)42(39,40)41-26-19-18-22-16-17-24(20-25(22)21-26)33-29-11-3-5-13-31(29)34(32-14-6-4-12-30(32)33)28-15-7-9-23-8-1-2-10-27(23)28;18-17(19)14-10-8-13(9-11-14)16-7-3-5-12-4-1-2-6-15(12)16/h1-32H;1-21H;1-11,18-19H. The normalized spacial score (nSPS) is 11.7. The smallest absolute Gasteiger partial charge is 0.423 e. The van der Waals surface area contributed by atoms with E-state index in [0.717, 1.165) is 71.1 Å². The van der Waals surface area contributed by atoms with Gasteiger partial charge >= 0.3 is 22.7 Å². The Hall–Kier alpha value is -13.5. The fourth-order valence-electron chi connectivity index (χ4n) is 16.2. The van der Waals surface area contributed by atoms with E-state index in [-0.39, 0.29) is 0 Å². The third-order valence-electron chi connectivity index (χ3n) is 21.3. The van der Waals surface area contributed by atoms with Crippen LogP contribution in [0, 0.1) is 0 Å². The van der Waals surface area contributed by atoms with Crippen molar-refractivity contribution in [2.45, 2.75) is 5.51 Å². The molecule has 0 heterocycles. The van der Waals surface area contributed by atoms with E-state index in [9.17, 15) is 21.6 Å². The van der Waals surface area contributed by atoms with Crippen molar-refractivity contribution < 1.29 is 35.8 Å². The van der Waals surface area contributed by atoms with Gasteiger partial charge in [-0.3, -0.25) is 0 Å². The van der Waals surface area contributed by atoms with Gasteiger partial charge in [-0.1, -0.05) is 358 Å². The van der Waals surface area contributed by atoms with Crippen LogP contribution in [-0.4, -0.2) is 31.1 Å². The van der Waals surface area contributed by atoms with Crippen molar-refractivity contribution in [3.05, 3.63) is 388 Å². The monoisotopic (exact) mass is 1460 g/mol. The van der Waals surface area contributed by atoms with Crippen LogP contribution >= 0.6 is 0 Å². The molecule has 0 aromatic heterocycles. The molecule has 0 spiro atoms. The summed E-state index contributed by atoms with van der Waals surface area (Å²) < 4.78 is 66.5. The molecule has 2 N–H and O–H groups in total. The molecule has 20 aromatic carbocycles. The largest absolute Gasteiger partial charge is 0.534 e. The van der Waals surface area contributed by atoms with Crippen molar-refractivity contribution in [1.29, 1.82) is 0 Å². The third kappa shape index (κ3) is 13.1. The van der Waals surface area contributed by atoms with Crippen LogP contribution in [0.4, 0.5) is 13.2 Å². The Labute approximate surface area is 639 Å². The molecule has 0 aliphatic heterocycles. The Bertz CT molecular complexity index is 7030. The van der Waals surface area contributed by atoms with E-state index in [1.165, 1.54) is 121 Å². The van der Waals surface area contributed by atoms with Gasteiger partial charge in [0, 0.05) is 0 Å². The zero-order valence-electron chi connectivity index (χ0n) is 59.7. The van der Waals surface area contributed by atoms with E-state index in [0.29, 0.717) is 10.8 Å². The number of hydrogen-bond donors (Lipinski definition) is 2. The number of halogens is 3. The predicted molar refractivity (Wildman–Crippen MR) is 458 cm³/mol. The number of hydrogen-bond acceptors (Lipinski definition) is 5. The van der Waals surface area contributed by atoms with E-state index in [1.807, 2.05) is 84.9 Å². The second-order valence-electron chi connectivity index (χ2n) is 27.8. The topological polar surface area (TPSA) is 83.8 Å². The van der Waals surface area contributed by atoms with Gasteiger partial charge in [-0.15, -0.1) is 0 Å². The molecule has 0 aliphatic rings. The summed E-state index contributed by atoms with van der Waals surface area (Å²) in [6.45, 7) is 0.